The highest BCUT2D eigenvalue weighted by Gasteiger charge is 2.28. The zero-order chi connectivity index (χ0) is 17.9. The molecule has 0 amide bonds. The number of rotatable bonds is 3. The number of fused-ring (bicyclic) bond motifs is 1. The van der Waals surface area contributed by atoms with Crippen LogP contribution < -0.4 is 5.32 Å². The van der Waals surface area contributed by atoms with Gasteiger partial charge in [0, 0.05) is 6.54 Å². The van der Waals surface area contributed by atoms with Crippen molar-refractivity contribution in [1.82, 2.24) is 10.2 Å². The standard InChI is InChI=1S/C20H20FN3OS/c21-16-7-8-17-15(12-16)6-9-18(17)23-19-24(10-11-25-19)20(26)22-13-14-4-2-1-3-5-14/h1-5,7-8,12,18H,6,9-11,13H2,(H,22,26). The quantitative estimate of drug-likeness (QED) is 0.839. The van der Waals surface area contributed by atoms with Crippen molar-refractivity contribution in [3.05, 3.63) is 71.0 Å². The molecule has 0 aromatic heterocycles. The van der Waals surface area contributed by atoms with Gasteiger partial charge >= 0.3 is 0 Å². The maximum atomic E-state index is 13.4. The van der Waals surface area contributed by atoms with Crippen LogP contribution in [0.5, 0.6) is 0 Å². The van der Waals surface area contributed by atoms with Crippen molar-refractivity contribution in [2.24, 2.45) is 4.99 Å². The molecule has 1 aliphatic heterocycles. The van der Waals surface area contributed by atoms with Gasteiger partial charge in [-0.3, -0.25) is 4.90 Å². The van der Waals surface area contributed by atoms with Gasteiger partial charge in [0.15, 0.2) is 5.11 Å². The summed E-state index contributed by atoms with van der Waals surface area (Å²) in [6.45, 7) is 1.91. The summed E-state index contributed by atoms with van der Waals surface area (Å²) in [7, 11) is 0. The summed E-state index contributed by atoms with van der Waals surface area (Å²) in [4.78, 5) is 6.68. The van der Waals surface area contributed by atoms with E-state index in [1.54, 1.807) is 6.07 Å². The number of hydrogen-bond donors (Lipinski definition) is 1. The average molecular weight is 369 g/mol. The molecular weight excluding hydrogens is 349 g/mol. The van der Waals surface area contributed by atoms with Gasteiger partial charge in [-0.2, -0.15) is 0 Å². The first-order valence-electron chi connectivity index (χ1n) is 8.79. The van der Waals surface area contributed by atoms with E-state index in [1.165, 1.54) is 11.6 Å². The van der Waals surface area contributed by atoms with E-state index < -0.39 is 0 Å². The summed E-state index contributed by atoms with van der Waals surface area (Å²) >= 11 is 5.53. The maximum Gasteiger partial charge on any atom is 0.294 e. The fourth-order valence-electron chi connectivity index (χ4n) is 3.40. The molecule has 1 fully saturated rings. The second-order valence-electron chi connectivity index (χ2n) is 6.45. The Bertz CT molecular complexity index is 840. The number of aliphatic imine (C=N–C) groups is 1. The van der Waals surface area contributed by atoms with Crippen LogP contribution in [-0.4, -0.2) is 29.2 Å². The lowest BCUT2D eigenvalue weighted by molar-refractivity contribution is 0.348. The summed E-state index contributed by atoms with van der Waals surface area (Å²) in [5.41, 5.74) is 3.28. The van der Waals surface area contributed by atoms with Crippen molar-refractivity contribution in [2.45, 2.75) is 25.4 Å². The lowest BCUT2D eigenvalue weighted by Gasteiger charge is -2.19. The van der Waals surface area contributed by atoms with Gasteiger partial charge in [-0.25, -0.2) is 9.38 Å². The minimum atomic E-state index is -0.193. The summed E-state index contributed by atoms with van der Waals surface area (Å²) in [5, 5.41) is 3.88. The first-order chi connectivity index (χ1) is 12.7. The van der Waals surface area contributed by atoms with Crippen LogP contribution in [-0.2, 0) is 17.7 Å². The lowest BCUT2D eigenvalue weighted by Crippen LogP contribution is -2.40. The molecule has 2 aliphatic rings. The van der Waals surface area contributed by atoms with Crippen molar-refractivity contribution < 1.29 is 9.13 Å². The van der Waals surface area contributed by atoms with Gasteiger partial charge in [-0.05, 0) is 53.9 Å². The first-order valence-corrected chi connectivity index (χ1v) is 9.20. The van der Waals surface area contributed by atoms with Crippen LogP contribution in [0.25, 0.3) is 0 Å². The van der Waals surface area contributed by atoms with Crippen molar-refractivity contribution in [2.75, 3.05) is 13.2 Å². The van der Waals surface area contributed by atoms with E-state index in [-0.39, 0.29) is 11.9 Å². The smallest absolute Gasteiger partial charge is 0.294 e. The third-order valence-electron chi connectivity index (χ3n) is 4.73. The molecule has 1 saturated heterocycles. The summed E-state index contributed by atoms with van der Waals surface area (Å²) in [5.74, 6) is -0.193. The van der Waals surface area contributed by atoms with E-state index in [4.69, 9.17) is 21.9 Å². The Labute approximate surface area is 157 Å². The average Bonchev–Trinajstić information content (AvgIpc) is 3.28. The molecule has 4 rings (SSSR count). The molecule has 2 aromatic rings. The molecule has 2 aromatic carbocycles. The van der Waals surface area contributed by atoms with Crippen LogP contribution >= 0.6 is 12.2 Å². The Morgan fingerprint density at radius 3 is 2.96 bits per heavy atom. The molecular formula is C20H20FN3OS. The van der Waals surface area contributed by atoms with Gasteiger partial charge in [-0.1, -0.05) is 36.4 Å². The minimum absolute atomic E-state index is 0.00174. The molecule has 6 heteroatoms. The predicted molar refractivity (Wildman–Crippen MR) is 103 cm³/mol. The molecule has 1 unspecified atom stereocenters. The monoisotopic (exact) mass is 369 g/mol. The fraction of sp³-hybridized carbons (Fsp3) is 0.300. The Balaban J connectivity index is 1.45. The van der Waals surface area contributed by atoms with Gasteiger partial charge in [0.2, 0.25) is 0 Å². The molecule has 1 N–H and O–H groups in total. The molecule has 1 aliphatic carbocycles. The number of thiocarbonyl (C=S) groups is 1. The third-order valence-corrected chi connectivity index (χ3v) is 5.09. The summed E-state index contributed by atoms with van der Waals surface area (Å²) in [6, 6.07) is 15.6. The fourth-order valence-corrected chi connectivity index (χ4v) is 3.64. The summed E-state index contributed by atoms with van der Waals surface area (Å²) in [6.07, 6.45) is 1.70. The summed E-state index contributed by atoms with van der Waals surface area (Å²) < 4.78 is 19.1. The van der Waals surface area contributed by atoms with Gasteiger partial charge < -0.3 is 10.1 Å². The van der Waals surface area contributed by atoms with E-state index in [1.807, 2.05) is 29.2 Å². The van der Waals surface area contributed by atoms with Gasteiger partial charge in [-0.15, -0.1) is 0 Å². The third kappa shape index (κ3) is 3.55. The van der Waals surface area contributed by atoms with Crippen molar-refractivity contribution >= 4 is 23.4 Å². The SMILES string of the molecule is Fc1ccc2c(c1)CCC2N=C1OCCN1C(=S)NCc1ccccc1. The number of nitrogens with zero attached hydrogens (tertiary/aromatic N) is 2. The molecule has 4 nitrogen and oxygen atoms in total. The minimum Gasteiger partial charge on any atom is -0.463 e. The molecule has 0 bridgehead atoms. The Morgan fingerprint density at radius 1 is 1.27 bits per heavy atom. The number of benzene rings is 2. The lowest BCUT2D eigenvalue weighted by atomic mass is 10.1. The van der Waals surface area contributed by atoms with E-state index in [0.29, 0.717) is 30.8 Å². The normalized spacial score (nSPS) is 20.1. The molecule has 0 radical (unpaired) electrons. The van der Waals surface area contributed by atoms with Crippen LogP contribution in [0.1, 0.15) is 29.2 Å². The molecule has 1 heterocycles. The van der Waals surface area contributed by atoms with E-state index in [2.05, 4.69) is 17.4 Å². The first kappa shape index (κ1) is 17.0. The van der Waals surface area contributed by atoms with Crippen LogP contribution in [0, 0.1) is 5.82 Å². The maximum absolute atomic E-state index is 13.4. The number of amidine groups is 1. The van der Waals surface area contributed by atoms with E-state index >= 15 is 0 Å². The Kier molecular flexibility index (Phi) is 4.84. The highest BCUT2D eigenvalue weighted by molar-refractivity contribution is 7.80. The second-order valence-corrected chi connectivity index (χ2v) is 6.84. The molecule has 26 heavy (non-hydrogen) atoms. The van der Waals surface area contributed by atoms with Crippen molar-refractivity contribution in [1.29, 1.82) is 0 Å². The Morgan fingerprint density at radius 2 is 2.12 bits per heavy atom. The van der Waals surface area contributed by atoms with Crippen LogP contribution in [0.2, 0.25) is 0 Å². The number of ether oxygens (including phenoxy) is 1. The van der Waals surface area contributed by atoms with Crippen molar-refractivity contribution in [3.63, 3.8) is 0 Å². The Hall–Kier alpha value is -2.47. The van der Waals surface area contributed by atoms with Gasteiger partial charge in [0.05, 0.1) is 12.6 Å². The van der Waals surface area contributed by atoms with Crippen LogP contribution in [0.3, 0.4) is 0 Å². The number of aryl methyl sites for hydroxylation is 1. The zero-order valence-electron chi connectivity index (χ0n) is 14.3. The second kappa shape index (κ2) is 7.41. The molecule has 0 spiro atoms. The highest BCUT2D eigenvalue weighted by atomic mass is 32.1. The van der Waals surface area contributed by atoms with E-state index in [0.717, 1.165) is 24.0 Å². The predicted octanol–water partition coefficient (Wildman–Crippen LogP) is 3.58. The number of halogens is 1. The number of nitrogens with one attached hydrogen (secondary N) is 1. The highest BCUT2D eigenvalue weighted by Crippen LogP contribution is 2.35. The topological polar surface area (TPSA) is 36.9 Å². The zero-order valence-corrected chi connectivity index (χ0v) is 15.1. The largest absolute Gasteiger partial charge is 0.463 e. The van der Waals surface area contributed by atoms with Crippen molar-refractivity contribution in [3.8, 4) is 0 Å². The van der Waals surface area contributed by atoms with Gasteiger partial charge in [0.25, 0.3) is 6.02 Å². The molecule has 134 valence electrons. The number of hydrogen-bond acceptors (Lipinski definition) is 3. The van der Waals surface area contributed by atoms with Crippen LogP contribution in [0.15, 0.2) is 53.5 Å². The molecule has 0 saturated carbocycles. The van der Waals surface area contributed by atoms with E-state index in [9.17, 15) is 4.39 Å². The molecule has 1 atom stereocenters. The van der Waals surface area contributed by atoms with Crippen LogP contribution in [0.4, 0.5) is 4.39 Å². The van der Waals surface area contributed by atoms with Gasteiger partial charge in [0.1, 0.15) is 12.4 Å².